The summed E-state index contributed by atoms with van der Waals surface area (Å²) in [6.07, 6.45) is 0.179. The highest BCUT2D eigenvalue weighted by Crippen LogP contribution is 2.39. The van der Waals surface area contributed by atoms with Gasteiger partial charge in [0.15, 0.2) is 15.0 Å². The van der Waals surface area contributed by atoms with Crippen molar-refractivity contribution in [3.63, 3.8) is 0 Å². The summed E-state index contributed by atoms with van der Waals surface area (Å²) in [5.41, 5.74) is 1.85. The minimum atomic E-state index is -3.08. The molecule has 2 saturated heterocycles. The van der Waals surface area contributed by atoms with Crippen molar-refractivity contribution in [3.05, 3.63) is 59.7 Å². The van der Waals surface area contributed by atoms with Gasteiger partial charge in [0, 0.05) is 11.8 Å². The summed E-state index contributed by atoms with van der Waals surface area (Å²) in [4.78, 5) is 19.0. The van der Waals surface area contributed by atoms with Crippen LogP contribution >= 0.6 is 11.8 Å². The van der Waals surface area contributed by atoms with Crippen LogP contribution in [0.2, 0.25) is 0 Å². The number of aliphatic imine (C=N–C) groups is 1. The van der Waals surface area contributed by atoms with Crippen LogP contribution in [-0.4, -0.2) is 61.4 Å². The molecule has 1 amide bonds. The summed E-state index contributed by atoms with van der Waals surface area (Å²) in [5.74, 6) is 1.44. The van der Waals surface area contributed by atoms with E-state index >= 15 is 0 Å². The molecule has 164 valence electrons. The van der Waals surface area contributed by atoms with E-state index in [1.54, 1.807) is 14.2 Å². The van der Waals surface area contributed by atoms with E-state index in [4.69, 9.17) is 9.47 Å². The van der Waals surface area contributed by atoms with E-state index in [1.165, 1.54) is 11.8 Å². The molecule has 2 aromatic carbocycles. The molecule has 0 aliphatic carbocycles. The summed E-state index contributed by atoms with van der Waals surface area (Å²) in [6.45, 7) is 0.488. The number of carbonyl (C=O) groups excluding carboxylic acids is 1. The van der Waals surface area contributed by atoms with Crippen LogP contribution < -0.4 is 9.47 Å². The van der Waals surface area contributed by atoms with E-state index in [1.807, 2.05) is 53.4 Å². The lowest BCUT2D eigenvalue weighted by Crippen LogP contribution is -2.37. The number of hydrogen-bond donors (Lipinski definition) is 0. The van der Waals surface area contributed by atoms with Crippen LogP contribution in [0.1, 0.15) is 11.1 Å². The van der Waals surface area contributed by atoms with E-state index in [0.29, 0.717) is 11.7 Å². The Kier molecular flexibility index (Phi) is 6.24. The van der Waals surface area contributed by atoms with Crippen LogP contribution in [0, 0.1) is 0 Å². The second kappa shape index (κ2) is 8.92. The summed E-state index contributed by atoms with van der Waals surface area (Å²) < 4.78 is 34.7. The summed E-state index contributed by atoms with van der Waals surface area (Å²) in [6, 6.07) is 14.7. The molecule has 0 spiro atoms. The summed E-state index contributed by atoms with van der Waals surface area (Å²) in [5, 5.41) is 0.495. The van der Waals surface area contributed by atoms with Crippen LogP contribution in [0.15, 0.2) is 53.5 Å². The lowest BCUT2D eigenvalue weighted by Gasteiger charge is -2.24. The molecule has 2 unspecified atom stereocenters. The first-order valence-corrected chi connectivity index (χ1v) is 12.6. The minimum Gasteiger partial charge on any atom is -0.497 e. The van der Waals surface area contributed by atoms with Crippen molar-refractivity contribution in [1.82, 2.24) is 4.90 Å². The molecule has 31 heavy (non-hydrogen) atoms. The van der Waals surface area contributed by atoms with E-state index in [0.717, 1.165) is 22.6 Å². The molecule has 2 heterocycles. The standard InChI is InChI=1S/C22H24N2O5S2/c1-28-17-7-3-15(4-8-17)11-21(25)23-22-24(12-16-5-9-18(29-2)10-6-16)19-13-31(26,27)14-20(19)30-22/h3-10,19-20H,11-14H2,1-2H3. The highest BCUT2D eigenvalue weighted by Gasteiger charge is 2.48. The Morgan fingerprint density at radius 3 is 2.16 bits per heavy atom. The van der Waals surface area contributed by atoms with Gasteiger partial charge in [-0.25, -0.2) is 8.42 Å². The molecule has 0 radical (unpaired) electrons. The Labute approximate surface area is 186 Å². The van der Waals surface area contributed by atoms with Gasteiger partial charge in [0.2, 0.25) is 0 Å². The number of fused-ring (bicyclic) bond motifs is 1. The van der Waals surface area contributed by atoms with Gasteiger partial charge >= 0.3 is 0 Å². The van der Waals surface area contributed by atoms with Crippen LogP contribution in [0.4, 0.5) is 0 Å². The van der Waals surface area contributed by atoms with E-state index in [2.05, 4.69) is 4.99 Å². The number of rotatable bonds is 6. The molecule has 2 aliphatic heterocycles. The van der Waals surface area contributed by atoms with Crippen molar-refractivity contribution >= 4 is 32.7 Å². The molecule has 0 N–H and O–H groups in total. The monoisotopic (exact) mass is 460 g/mol. The van der Waals surface area contributed by atoms with Crippen molar-refractivity contribution in [1.29, 1.82) is 0 Å². The fourth-order valence-electron chi connectivity index (χ4n) is 3.81. The van der Waals surface area contributed by atoms with Gasteiger partial charge in [-0.1, -0.05) is 36.0 Å². The number of thioether (sulfide) groups is 1. The minimum absolute atomic E-state index is 0.0898. The van der Waals surface area contributed by atoms with Gasteiger partial charge in [-0.15, -0.1) is 0 Å². The Morgan fingerprint density at radius 1 is 1.00 bits per heavy atom. The van der Waals surface area contributed by atoms with Gasteiger partial charge in [-0.2, -0.15) is 4.99 Å². The van der Waals surface area contributed by atoms with E-state index in [-0.39, 0.29) is 35.1 Å². The van der Waals surface area contributed by atoms with Crippen molar-refractivity contribution in [2.45, 2.75) is 24.3 Å². The quantitative estimate of drug-likeness (QED) is 0.655. The fourth-order valence-corrected chi connectivity index (χ4v) is 7.78. The molecule has 7 nitrogen and oxygen atoms in total. The lowest BCUT2D eigenvalue weighted by atomic mass is 10.1. The molecule has 9 heteroatoms. The second-order valence-electron chi connectivity index (χ2n) is 7.59. The maximum absolute atomic E-state index is 12.7. The molecule has 4 rings (SSSR count). The fraction of sp³-hybridized carbons (Fsp3) is 0.364. The zero-order valence-electron chi connectivity index (χ0n) is 17.4. The highest BCUT2D eigenvalue weighted by molar-refractivity contribution is 8.15. The first-order valence-electron chi connectivity index (χ1n) is 9.88. The normalized spacial score (nSPS) is 23.0. The van der Waals surface area contributed by atoms with Gasteiger partial charge in [0.25, 0.3) is 5.91 Å². The van der Waals surface area contributed by atoms with Crippen LogP contribution in [-0.2, 0) is 27.6 Å². The van der Waals surface area contributed by atoms with Crippen molar-refractivity contribution in [2.24, 2.45) is 4.99 Å². The molecule has 0 saturated carbocycles. The molecule has 2 aromatic rings. The molecule has 0 aromatic heterocycles. The number of benzene rings is 2. The number of methoxy groups -OCH3 is 2. The van der Waals surface area contributed by atoms with Gasteiger partial charge in [0.1, 0.15) is 11.5 Å². The number of nitrogens with zero attached hydrogens (tertiary/aromatic N) is 2. The Bertz CT molecular complexity index is 1080. The molecular formula is C22H24N2O5S2. The molecule has 2 aliphatic rings. The van der Waals surface area contributed by atoms with Crippen LogP contribution in [0.5, 0.6) is 11.5 Å². The van der Waals surface area contributed by atoms with E-state index in [9.17, 15) is 13.2 Å². The summed E-state index contributed by atoms with van der Waals surface area (Å²) in [7, 11) is 0.123. The molecule has 2 fully saturated rings. The smallest absolute Gasteiger partial charge is 0.252 e. The van der Waals surface area contributed by atoms with Crippen molar-refractivity contribution in [2.75, 3.05) is 25.7 Å². The zero-order valence-corrected chi connectivity index (χ0v) is 19.0. The predicted molar refractivity (Wildman–Crippen MR) is 121 cm³/mol. The maximum Gasteiger partial charge on any atom is 0.252 e. The third kappa shape index (κ3) is 5.04. The average molecular weight is 461 g/mol. The molecule has 0 bridgehead atoms. The third-order valence-corrected chi connectivity index (χ3v) is 8.67. The number of carbonyl (C=O) groups is 1. The first kappa shape index (κ1) is 21.7. The van der Waals surface area contributed by atoms with Gasteiger partial charge in [-0.05, 0) is 35.4 Å². The average Bonchev–Trinajstić information content (AvgIpc) is 3.21. The van der Waals surface area contributed by atoms with E-state index < -0.39 is 9.84 Å². The number of hydrogen-bond acceptors (Lipinski definition) is 6. The number of ether oxygens (including phenoxy) is 2. The number of sulfone groups is 1. The maximum atomic E-state index is 12.7. The molecule has 2 atom stereocenters. The van der Waals surface area contributed by atoms with Crippen LogP contribution in [0.25, 0.3) is 0 Å². The zero-order chi connectivity index (χ0) is 22.0. The Balaban J connectivity index is 1.54. The summed E-state index contributed by atoms with van der Waals surface area (Å²) >= 11 is 1.39. The lowest BCUT2D eigenvalue weighted by molar-refractivity contribution is -0.117. The SMILES string of the molecule is COc1ccc(CC(=O)N=C2SC3CS(=O)(=O)CC3N2Cc2ccc(OC)cc2)cc1. The number of amidine groups is 1. The van der Waals surface area contributed by atoms with Crippen LogP contribution in [0.3, 0.4) is 0 Å². The van der Waals surface area contributed by atoms with Crippen molar-refractivity contribution < 1.29 is 22.7 Å². The largest absolute Gasteiger partial charge is 0.497 e. The van der Waals surface area contributed by atoms with Gasteiger partial charge < -0.3 is 14.4 Å². The van der Waals surface area contributed by atoms with Gasteiger partial charge in [-0.3, -0.25) is 4.79 Å². The Morgan fingerprint density at radius 2 is 1.58 bits per heavy atom. The van der Waals surface area contributed by atoms with Gasteiger partial charge in [0.05, 0.1) is 38.2 Å². The molecular weight excluding hydrogens is 436 g/mol. The van der Waals surface area contributed by atoms with Crippen molar-refractivity contribution in [3.8, 4) is 11.5 Å². The first-order chi connectivity index (χ1) is 14.9. The highest BCUT2D eigenvalue weighted by atomic mass is 32.2. The second-order valence-corrected chi connectivity index (χ2v) is 10.9. The Hall–Kier alpha value is -2.52. The topological polar surface area (TPSA) is 85.3 Å². The third-order valence-electron chi connectivity index (χ3n) is 5.42. The number of amides is 1. The predicted octanol–water partition coefficient (Wildman–Crippen LogP) is 2.54.